The van der Waals surface area contributed by atoms with E-state index in [1.165, 1.54) is 14.0 Å². The Morgan fingerprint density at radius 3 is 2.31 bits per heavy atom. The first-order valence-electron chi connectivity index (χ1n) is 8.79. The first-order chi connectivity index (χ1) is 12.3. The van der Waals surface area contributed by atoms with Crippen molar-refractivity contribution in [1.29, 1.82) is 0 Å². The Balaban J connectivity index is 1.97. The summed E-state index contributed by atoms with van der Waals surface area (Å²) in [6, 6.07) is 0.215. The number of allylic oxidation sites excluding steroid dienone is 1. The van der Waals surface area contributed by atoms with Gasteiger partial charge in [-0.2, -0.15) is 0 Å². The minimum atomic E-state index is -0.559. The molecular formula is C19H27NO6. The van der Waals surface area contributed by atoms with Crippen molar-refractivity contribution in [3.63, 3.8) is 0 Å². The van der Waals surface area contributed by atoms with Crippen LogP contribution in [0.5, 0.6) is 0 Å². The number of methoxy groups -OCH3 is 1. The standard InChI is InChI=1S/C19H27NO6/c1-6-11(2)19(23)26-16-9-13-8-14(10-15(16)20(13)4)25-17(21)7-12(3)18(22)24-5/h6-7,13-16H,8-10H2,1-5H3/b11-6-,12-7+/t13?,14-,15?,16+/m0/s1. The molecule has 0 aromatic heterocycles. The van der Waals surface area contributed by atoms with E-state index in [2.05, 4.69) is 9.64 Å². The Bertz CT molecular complexity index is 638. The van der Waals surface area contributed by atoms with Crippen LogP contribution in [0.2, 0.25) is 0 Å². The molecule has 2 saturated heterocycles. The number of ether oxygens (including phenoxy) is 3. The topological polar surface area (TPSA) is 82.1 Å². The number of rotatable bonds is 5. The normalized spacial score (nSPS) is 29.3. The highest BCUT2D eigenvalue weighted by atomic mass is 16.6. The van der Waals surface area contributed by atoms with E-state index in [0.29, 0.717) is 18.4 Å². The van der Waals surface area contributed by atoms with Gasteiger partial charge in [-0.1, -0.05) is 6.08 Å². The second-order valence-corrected chi connectivity index (χ2v) is 6.89. The van der Waals surface area contributed by atoms with Gasteiger partial charge in [0.15, 0.2) is 0 Å². The number of esters is 3. The van der Waals surface area contributed by atoms with Gasteiger partial charge in [0.2, 0.25) is 0 Å². The maximum Gasteiger partial charge on any atom is 0.333 e. The van der Waals surface area contributed by atoms with E-state index in [9.17, 15) is 14.4 Å². The molecule has 0 spiro atoms. The van der Waals surface area contributed by atoms with Gasteiger partial charge in [0.05, 0.1) is 13.2 Å². The van der Waals surface area contributed by atoms with Crippen molar-refractivity contribution in [2.45, 2.75) is 64.3 Å². The molecule has 0 aromatic carbocycles. The van der Waals surface area contributed by atoms with E-state index < -0.39 is 11.9 Å². The molecule has 0 aliphatic carbocycles. The van der Waals surface area contributed by atoms with Crippen molar-refractivity contribution in [2.24, 2.45) is 0 Å². The second kappa shape index (κ2) is 8.49. The van der Waals surface area contributed by atoms with Crippen LogP contribution in [0.1, 0.15) is 40.0 Å². The lowest BCUT2D eigenvalue weighted by molar-refractivity contribution is -0.150. The number of piperidine rings is 1. The van der Waals surface area contributed by atoms with E-state index >= 15 is 0 Å². The maximum absolute atomic E-state index is 12.1. The molecule has 144 valence electrons. The van der Waals surface area contributed by atoms with Crippen molar-refractivity contribution < 1.29 is 28.6 Å². The molecule has 7 nitrogen and oxygen atoms in total. The zero-order valence-electron chi connectivity index (χ0n) is 16.0. The quantitative estimate of drug-likeness (QED) is 0.417. The summed E-state index contributed by atoms with van der Waals surface area (Å²) < 4.78 is 15.7. The molecule has 0 radical (unpaired) electrons. The Kier molecular flexibility index (Phi) is 6.58. The largest absolute Gasteiger partial charge is 0.466 e. The van der Waals surface area contributed by atoms with Crippen LogP contribution < -0.4 is 0 Å². The predicted molar refractivity (Wildman–Crippen MR) is 94.2 cm³/mol. The highest BCUT2D eigenvalue weighted by Crippen LogP contribution is 2.37. The minimum absolute atomic E-state index is 0.0193. The fraction of sp³-hybridized carbons (Fsp3) is 0.632. The zero-order chi connectivity index (χ0) is 19.4. The Labute approximate surface area is 154 Å². The molecule has 2 rings (SSSR count). The lowest BCUT2D eigenvalue weighted by Gasteiger charge is -2.36. The third-order valence-corrected chi connectivity index (χ3v) is 5.21. The van der Waals surface area contributed by atoms with E-state index in [-0.39, 0.29) is 35.8 Å². The van der Waals surface area contributed by atoms with E-state index in [1.807, 2.05) is 7.05 Å². The van der Waals surface area contributed by atoms with Gasteiger partial charge in [0.1, 0.15) is 12.2 Å². The maximum atomic E-state index is 12.1. The lowest BCUT2D eigenvalue weighted by Crippen LogP contribution is -2.46. The molecule has 2 fully saturated rings. The fourth-order valence-corrected chi connectivity index (χ4v) is 3.54. The molecule has 0 aromatic rings. The van der Waals surface area contributed by atoms with Gasteiger partial charge in [-0.3, -0.25) is 4.90 Å². The summed E-state index contributed by atoms with van der Waals surface area (Å²) in [7, 11) is 3.27. The molecule has 2 unspecified atom stereocenters. The third kappa shape index (κ3) is 4.52. The van der Waals surface area contributed by atoms with Crippen molar-refractivity contribution in [3.05, 3.63) is 23.3 Å². The molecular weight excluding hydrogens is 338 g/mol. The number of carbonyl (C=O) groups excluding carboxylic acids is 3. The first-order valence-corrected chi connectivity index (χ1v) is 8.79. The van der Waals surface area contributed by atoms with Gasteiger partial charge < -0.3 is 14.2 Å². The SMILES string of the molecule is C/C=C(/C)C(=O)O[C@@H]1CC2C[C@H](OC(=O)/C=C(\C)C(=O)OC)CC1N2C. The van der Waals surface area contributed by atoms with Gasteiger partial charge in [-0.15, -0.1) is 0 Å². The summed E-state index contributed by atoms with van der Waals surface area (Å²) in [5, 5.41) is 0. The molecule has 2 bridgehead atoms. The molecule has 7 heteroatoms. The molecule has 26 heavy (non-hydrogen) atoms. The van der Waals surface area contributed by atoms with Crippen molar-refractivity contribution >= 4 is 17.9 Å². The van der Waals surface area contributed by atoms with Crippen LogP contribution in [0.3, 0.4) is 0 Å². The molecule has 2 aliphatic rings. The van der Waals surface area contributed by atoms with Gasteiger partial charge >= 0.3 is 17.9 Å². The Morgan fingerprint density at radius 1 is 1.00 bits per heavy atom. The van der Waals surface area contributed by atoms with Gasteiger partial charge in [0.25, 0.3) is 0 Å². The van der Waals surface area contributed by atoms with Crippen LogP contribution in [0, 0.1) is 0 Å². The molecule has 4 atom stereocenters. The van der Waals surface area contributed by atoms with E-state index in [0.717, 1.165) is 12.5 Å². The van der Waals surface area contributed by atoms with Crippen LogP contribution in [-0.2, 0) is 28.6 Å². The van der Waals surface area contributed by atoms with Gasteiger partial charge in [-0.25, -0.2) is 14.4 Å². The highest BCUT2D eigenvalue weighted by Gasteiger charge is 2.47. The fourth-order valence-electron chi connectivity index (χ4n) is 3.54. The molecule has 0 amide bonds. The number of fused-ring (bicyclic) bond motifs is 2. The van der Waals surface area contributed by atoms with Crippen LogP contribution in [0.15, 0.2) is 23.3 Å². The summed E-state index contributed by atoms with van der Waals surface area (Å²) in [5.41, 5.74) is 0.780. The summed E-state index contributed by atoms with van der Waals surface area (Å²) in [6.07, 6.45) is 4.42. The van der Waals surface area contributed by atoms with Crippen molar-refractivity contribution in [1.82, 2.24) is 4.90 Å². The number of hydrogen-bond acceptors (Lipinski definition) is 7. The Morgan fingerprint density at radius 2 is 1.69 bits per heavy atom. The average Bonchev–Trinajstić information content (AvgIpc) is 2.78. The number of hydrogen-bond donors (Lipinski definition) is 0. The number of nitrogens with zero attached hydrogens (tertiary/aromatic N) is 1. The molecule has 2 aliphatic heterocycles. The van der Waals surface area contributed by atoms with Gasteiger partial charge in [-0.05, 0) is 27.8 Å². The smallest absolute Gasteiger partial charge is 0.333 e. The number of likely N-dealkylation sites (N-methyl/N-ethyl adjacent to an activating group) is 1. The molecule has 0 N–H and O–H groups in total. The molecule has 2 heterocycles. The predicted octanol–water partition coefficient (Wildman–Crippen LogP) is 1.76. The summed E-state index contributed by atoms with van der Waals surface area (Å²) in [4.78, 5) is 37.6. The number of carbonyl (C=O) groups is 3. The second-order valence-electron chi connectivity index (χ2n) is 6.89. The summed E-state index contributed by atoms with van der Waals surface area (Å²) in [5.74, 6) is -1.42. The van der Waals surface area contributed by atoms with E-state index in [1.54, 1.807) is 19.9 Å². The van der Waals surface area contributed by atoms with E-state index in [4.69, 9.17) is 9.47 Å². The van der Waals surface area contributed by atoms with Gasteiger partial charge in [0, 0.05) is 42.5 Å². The zero-order valence-corrected chi connectivity index (χ0v) is 16.0. The van der Waals surface area contributed by atoms with Crippen LogP contribution in [0.25, 0.3) is 0 Å². The van der Waals surface area contributed by atoms with Crippen LogP contribution in [0.4, 0.5) is 0 Å². The van der Waals surface area contributed by atoms with Crippen molar-refractivity contribution in [3.8, 4) is 0 Å². The monoisotopic (exact) mass is 365 g/mol. The minimum Gasteiger partial charge on any atom is -0.466 e. The van der Waals surface area contributed by atoms with Crippen LogP contribution >= 0.6 is 0 Å². The van der Waals surface area contributed by atoms with Crippen LogP contribution in [-0.4, -0.2) is 61.3 Å². The molecule has 0 saturated carbocycles. The first kappa shape index (κ1) is 20.2. The average molecular weight is 365 g/mol. The summed E-state index contributed by atoms with van der Waals surface area (Å²) >= 11 is 0. The summed E-state index contributed by atoms with van der Waals surface area (Å²) in [6.45, 7) is 5.03. The Hall–Kier alpha value is -2.15. The lowest BCUT2D eigenvalue weighted by atomic mass is 10.00. The highest BCUT2D eigenvalue weighted by molar-refractivity contribution is 5.95. The third-order valence-electron chi connectivity index (χ3n) is 5.21. The van der Waals surface area contributed by atoms with Crippen molar-refractivity contribution in [2.75, 3.05) is 14.2 Å².